The maximum atomic E-state index is 7.12. The lowest BCUT2D eigenvalue weighted by Gasteiger charge is -2.33. The SMILES string of the molecule is CC1(C)c2ccccc2-c2c1c1c(c3c2oc2ccccc23)-c2ccc(N(c3ccc(-c4ccccc4)cc3)c3ccc4c(c3)C3(c5ccccc5-c5ccccc53)c3cc5c(cc3-4)C3(c4ccccc4-c4ccccc43)c3ccc4oc6ccccc6c4c3-5)cc2C1(C)C. The van der Waals surface area contributed by atoms with Crippen molar-refractivity contribution in [3.05, 3.63) is 352 Å². The molecule has 0 N–H and O–H groups in total. The van der Waals surface area contributed by atoms with Crippen LogP contribution in [0, 0.1) is 0 Å². The Labute approximate surface area is 550 Å². The van der Waals surface area contributed by atoms with E-state index in [1.54, 1.807) is 0 Å². The fourth-order valence-electron chi connectivity index (χ4n) is 19.7. The molecule has 0 radical (unpaired) electrons. The van der Waals surface area contributed by atoms with Crippen LogP contribution in [0.25, 0.3) is 122 Å². The highest BCUT2D eigenvalue weighted by Crippen LogP contribution is 2.70. The van der Waals surface area contributed by atoms with Gasteiger partial charge >= 0.3 is 0 Å². The van der Waals surface area contributed by atoms with Crippen molar-refractivity contribution in [2.75, 3.05) is 4.90 Å². The Kier molecular flexibility index (Phi) is 9.74. The Balaban J connectivity index is 0.814. The van der Waals surface area contributed by atoms with E-state index in [9.17, 15) is 0 Å². The summed E-state index contributed by atoms with van der Waals surface area (Å²) in [5, 5.41) is 4.68. The van der Waals surface area contributed by atoms with E-state index in [1.807, 2.05) is 0 Å². The van der Waals surface area contributed by atoms with Gasteiger partial charge in [0, 0.05) is 55.0 Å². The average Bonchev–Trinajstić information content (AvgIpc) is 1.49. The smallest absolute Gasteiger partial charge is 0.144 e. The van der Waals surface area contributed by atoms with Gasteiger partial charge < -0.3 is 13.7 Å². The summed E-state index contributed by atoms with van der Waals surface area (Å²) in [4.78, 5) is 2.54. The summed E-state index contributed by atoms with van der Waals surface area (Å²) in [5.41, 5.74) is 38.6. The van der Waals surface area contributed by atoms with Gasteiger partial charge in [-0.3, -0.25) is 0 Å². The van der Waals surface area contributed by atoms with Crippen molar-refractivity contribution >= 4 is 60.9 Å². The van der Waals surface area contributed by atoms with Crippen LogP contribution in [0.1, 0.15) is 94.5 Å². The maximum absolute atomic E-state index is 7.12. The zero-order valence-corrected chi connectivity index (χ0v) is 52.9. The lowest BCUT2D eigenvalue weighted by atomic mass is 9.68. The minimum atomic E-state index is -0.690. The number of anilines is 3. The van der Waals surface area contributed by atoms with Crippen molar-refractivity contribution in [3.63, 3.8) is 0 Å². The van der Waals surface area contributed by atoms with Crippen molar-refractivity contribution in [1.29, 1.82) is 0 Å². The van der Waals surface area contributed by atoms with Crippen molar-refractivity contribution in [1.82, 2.24) is 0 Å². The van der Waals surface area contributed by atoms with Gasteiger partial charge in [-0.1, -0.05) is 246 Å². The van der Waals surface area contributed by atoms with Crippen molar-refractivity contribution in [3.8, 4) is 77.9 Å². The summed E-state index contributed by atoms with van der Waals surface area (Å²) < 4.78 is 14.0. The first-order valence-corrected chi connectivity index (χ1v) is 33.6. The van der Waals surface area contributed by atoms with Crippen molar-refractivity contribution < 1.29 is 8.83 Å². The Hall–Kier alpha value is -11.5. The fourth-order valence-corrected chi connectivity index (χ4v) is 19.7. The molecule has 0 fully saturated rings. The van der Waals surface area contributed by atoms with Gasteiger partial charge in [-0.15, -0.1) is 0 Å². The third-order valence-electron chi connectivity index (χ3n) is 23.4. The quantitative estimate of drug-likeness (QED) is 0.176. The molecule has 3 nitrogen and oxygen atoms in total. The lowest BCUT2D eigenvalue weighted by molar-refractivity contribution is 0.600. The number of hydrogen-bond acceptors (Lipinski definition) is 3. The minimum absolute atomic E-state index is 0.274. The summed E-state index contributed by atoms with van der Waals surface area (Å²) in [6, 6.07) is 108. The second kappa shape index (κ2) is 17.8. The van der Waals surface area contributed by atoms with Gasteiger partial charge in [-0.05, 0) is 206 Å². The largest absolute Gasteiger partial charge is 0.456 e. The molecule has 0 amide bonds. The normalized spacial score (nSPS) is 15.5. The number of furan rings is 2. The molecule has 95 heavy (non-hydrogen) atoms. The van der Waals surface area contributed by atoms with Crippen molar-refractivity contribution in [2.24, 2.45) is 0 Å². The molecule has 22 rings (SSSR count). The highest BCUT2D eigenvalue weighted by Gasteiger charge is 2.57. The third kappa shape index (κ3) is 6.16. The molecular formula is C92H59NO2. The molecule has 16 aromatic rings. The highest BCUT2D eigenvalue weighted by atomic mass is 16.3. The van der Waals surface area contributed by atoms with Crippen LogP contribution in [0.5, 0.6) is 0 Å². The van der Waals surface area contributed by atoms with Crippen LogP contribution < -0.4 is 4.90 Å². The van der Waals surface area contributed by atoms with E-state index in [1.165, 1.54) is 155 Å². The van der Waals surface area contributed by atoms with Crippen LogP contribution in [0.3, 0.4) is 0 Å². The number of para-hydroxylation sites is 2. The number of hydrogen-bond donors (Lipinski definition) is 0. The molecule has 0 aliphatic heterocycles. The number of fused-ring (bicyclic) bond motifs is 36. The summed E-state index contributed by atoms with van der Waals surface area (Å²) in [6.45, 7) is 9.80. The van der Waals surface area contributed by atoms with Crippen molar-refractivity contribution in [2.45, 2.75) is 49.4 Å². The first kappa shape index (κ1) is 52.0. The van der Waals surface area contributed by atoms with Gasteiger partial charge in [-0.25, -0.2) is 0 Å². The van der Waals surface area contributed by atoms with Crippen LogP contribution in [0.15, 0.2) is 294 Å². The Morgan fingerprint density at radius 2 is 0.684 bits per heavy atom. The molecule has 6 aliphatic carbocycles. The molecule has 2 spiro atoms. The van der Waals surface area contributed by atoms with E-state index < -0.39 is 16.2 Å². The van der Waals surface area contributed by atoms with E-state index in [-0.39, 0.29) is 5.41 Å². The van der Waals surface area contributed by atoms with Crippen LogP contribution in [-0.2, 0) is 21.7 Å². The predicted molar refractivity (Wildman–Crippen MR) is 389 cm³/mol. The Morgan fingerprint density at radius 1 is 0.253 bits per heavy atom. The first-order chi connectivity index (χ1) is 46.6. The molecule has 6 aliphatic rings. The molecule has 0 saturated heterocycles. The van der Waals surface area contributed by atoms with Crippen LogP contribution in [-0.4, -0.2) is 0 Å². The van der Waals surface area contributed by atoms with E-state index in [0.717, 1.165) is 50.2 Å². The fraction of sp³-hybridized carbons (Fsp3) is 0.0870. The maximum Gasteiger partial charge on any atom is 0.144 e. The monoisotopic (exact) mass is 1210 g/mol. The minimum Gasteiger partial charge on any atom is -0.456 e. The topological polar surface area (TPSA) is 29.5 Å². The molecule has 0 unspecified atom stereocenters. The summed E-state index contributed by atoms with van der Waals surface area (Å²) in [6.07, 6.45) is 0. The second-order valence-electron chi connectivity index (χ2n) is 28.4. The third-order valence-corrected chi connectivity index (χ3v) is 23.4. The van der Waals surface area contributed by atoms with E-state index in [4.69, 9.17) is 8.83 Å². The molecule has 14 aromatic carbocycles. The number of benzene rings is 14. The van der Waals surface area contributed by atoms with Crippen LogP contribution in [0.4, 0.5) is 17.1 Å². The van der Waals surface area contributed by atoms with Gasteiger partial charge in [0.15, 0.2) is 0 Å². The average molecular weight is 1210 g/mol. The number of rotatable bonds is 4. The Bertz CT molecular complexity index is 6070. The highest BCUT2D eigenvalue weighted by molar-refractivity contribution is 6.21. The molecule has 0 saturated carbocycles. The van der Waals surface area contributed by atoms with E-state index in [2.05, 4.69) is 318 Å². The van der Waals surface area contributed by atoms with Gasteiger partial charge in [-0.2, -0.15) is 0 Å². The summed E-state index contributed by atoms with van der Waals surface area (Å²) in [5.74, 6) is 0. The zero-order chi connectivity index (χ0) is 62.6. The molecule has 0 bridgehead atoms. The van der Waals surface area contributed by atoms with Gasteiger partial charge in [0.25, 0.3) is 0 Å². The number of nitrogens with zero attached hydrogens (tertiary/aromatic N) is 1. The second-order valence-corrected chi connectivity index (χ2v) is 28.4. The standard InChI is InChI=1S/C92H59NO2/c1-89(2)68-31-15-12-28-62(68)85-87(89)86-83(84-65-30-14-21-37-79(65)95-88(84)85)63-45-43-55(48-74(63)90(86,3)4)93(54-40-38-53(39-41-54)52-22-6-5-7-23-52)56-42-44-61-66-50-77-67(51-76(66)92(75(61)49-56)71-34-18-10-26-59(71)60-27-11-19-35-72(60)92)81-73(46-47-80-82(81)64-29-13-20-36-78(64)94-80)91(77)69-32-16-8-24-57(69)58-25-9-17-33-70(58)91/h5-51H,1-4H3. The molecule has 3 heteroatoms. The van der Waals surface area contributed by atoms with Crippen LogP contribution >= 0.6 is 0 Å². The molecule has 444 valence electrons. The van der Waals surface area contributed by atoms with E-state index >= 15 is 0 Å². The summed E-state index contributed by atoms with van der Waals surface area (Å²) in [7, 11) is 0. The Morgan fingerprint density at radius 3 is 1.33 bits per heavy atom. The first-order valence-electron chi connectivity index (χ1n) is 33.6. The van der Waals surface area contributed by atoms with Gasteiger partial charge in [0.05, 0.1) is 10.8 Å². The summed E-state index contributed by atoms with van der Waals surface area (Å²) >= 11 is 0. The molecule has 0 atom stereocenters. The molecular weight excluding hydrogens is 1150 g/mol. The van der Waals surface area contributed by atoms with Crippen LogP contribution in [0.2, 0.25) is 0 Å². The zero-order valence-electron chi connectivity index (χ0n) is 52.9. The van der Waals surface area contributed by atoms with Gasteiger partial charge in [0.1, 0.15) is 22.3 Å². The molecule has 2 heterocycles. The lowest BCUT2D eigenvalue weighted by Crippen LogP contribution is -2.27. The van der Waals surface area contributed by atoms with Gasteiger partial charge in [0.2, 0.25) is 0 Å². The molecule has 2 aromatic heterocycles. The predicted octanol–water partition coefficient (Wildman–Crippen LogP) is 23.9. The van der Waals surface area contributed by atoms with E-state index in [0.29, 0.717) is 0 Å².